The Labute approximate surface area is 119 Å². The number of halogens is 5. The molecule has 1 aliphatic rings. The highest BCUT2D eigenvalue weighted by molar-refractivity contribution is 5.27. The Morgan fingerprint density at radius 3 is 1.86 bits per heavy atom. The summed E-state index contributed by atoms with van der Waals surface area (Å²) in [6.45, 7) is 4.06. The molecule has 0 aromatic heterocycles. The Balaban J connectivity index is 2.49. The minimum atomic E-state index is -2.11. The van der Waals surface area contributed by atoms with Gasteiger partial charge in [-0.15, -0.1) is 0 Å². The molecule has 2 nitrogen and oxygen atoms in total. The van der Waals surface area contributed by atoms with E-state index in [1.807, 2.05) is 0 Å². The summed E-state index contributed by atoms with van der Waals surface area (Å²) in [4.78, 5) is 1.76. The third-order valence-corrected chi connectivity index (χ3v) is 3.73. The van der Waals surface area contributed by atoms with Crippen molar-refractivity contribution in [1.82, 2.24) is 10.2 Å². The van der Waals surface area contributed by atoms with E-state index in [-0.39, 0.29) is 0 Å². The van der Waals surface area contributed by atoms with Crippen LogP contribution in [0.2, 0.25) is 0 Å². The smallest absolute Gasteiger partial charge is 0.200 e. The molecule has 0 amide bonds. The molecule has 0 saturated carbocycles. The van der Waals surface area contributed by atoms with E-state index in [1.54, 1.807) is 11.8 Å². The van der Waals surface area contributed by atoms with Crippen LogP contribution in [0, 0.1) is 29.1 Å². The van der Waals surface area contributed by atoms with E-state index >= 15 is 0 Å². The van der Waals surface area contributed by atoms with Gasteiger partial charge >= 0.3 is 0 Å². The molecule has 1 atom stereocenters. The van der Waals surface area contributed by atoms with Gasteiger partial charge in [-0.1, -0.05) is 13.3 Å². The van der Waals surface area contributed by atoms with Crippen molar-refractivity contribution in [3.63, 3.8) is 0 Å². The number of piperazine rings is 1. The van der Waals surface area contributed by atoms with Crippen molar-refractivity contribution in [1.29, 1.82) is 0 Å². The Bertz CT molecular complexity index is 486. The summed E-state index contributed by atoms with van der Waals surface area (Å²) >= 11 is 0. The van der Waals surface area contributed by atoms with Gasteiger partial charge in [-0.05, 0) is 6.42 Å². The lowest BCUT2D eigenvalue weighted by molar-refractivity contribution is 0.155. The maximum absolute atomic E-state index is 14.0. The van der Waals surface area contributed by atoms with Crippen molar-refractivity contribution in [3.8, 4) is 0 Å². The average Bonchev–Trinajstić information content (AvgIpc) is 2.51. The molecule has 0 radical (unpaired) electrons. The maximum Gasteiger partial charge on any atom is 0.200 e. The summed E-state index contributed by atoms with van der Waals surface area (Å²) in [6.07, 6.45) is 0.909. The zero-order valence-electron chi connectivity index (χ0n) is 11.7. The fraction of sp³-hybridized carbons (Fsp3) is 0.571. The molecule has 1 aromatic carbocycles. The Hall–Kier alpha value is -1.21. The molecular weight excluding hydrogens is 291 g/mol. The second kappa shape index (κ2) is 6.70. The first kappa shape index (κ1) is 16.2. The van der Waals surface area contributed by atoms with Crippen molar-refractivity contribution in [3.05, 3.63) is 34.6 Å². The molecule has 0 bridgehead atoms. The number of hydrogen-bond donors (Lipinski definition) is 1. The van der Waals surface area contributed by atoms with Gasteiger partial charge in [0.05, 0.1) is 0 Å². The summed E-state index contributed by atoms with van der Waals surface area (Å²) in [5, 5.41) is 3.09. The molecule has 1 aliphatic heterocycles. The van der Waals surface area contributed by atoms with Crippen LogP contribution >= 0.6 is 0 Å². The van der Waals surface area contributed by atoms with Crippen molar-refractivity contribution >= 4 is 0 Å². The largest absolute Gasteiger partial charge is 0.314 e. The minimum absolute atomic E-state index is 0.332. The molecule has 1 N–H and O–H groups in total. The van der Waals surface area contributed by atoms with E-state index in [2.05, 4.69) is 5.32 Å². The number of nitrogens with zero attached hydrogens (tertiary/aromatic N) is 1. The summed E-state index contributed by atoms with van der Waals surface area (Å²) in [5.74, 6) is -9.30. The van der Waals surface area contributed by atoms with E-state index in [1.165, 1.54) is 0 Å². The van der Waals surface area contributed by atoms with Gasteiger partial charge in [-0.2, -0.15) is 0 Å². The molecule has 0 aliphatic carbocycles. The third kappa shape index (κ3) is 3.03. The van der Waals surface area contributed by atoms with Gasteiger partial charge in [0.25, 0.3) is 0 Å². The van der Waals surface area contributed by atoms with Crippen LogP contribution in [0.1, 0.15) is 31.4 Å². The van der Waals surface area contributed by atoms with Crippen LogP contribution < -0.4 is 5.32 Å². The van der Waals surface area contributed by atoms with E-state index in [0.717, 1.165) is 0 Å². The monoisotopic (exact) mass is 308 g/mol. The zero-order valence-corrected chi connectivity index (χ0v) is 11.7. The standard InChI is InChI=1S/C14H17F5N2/c1-2-3-8(21-6-4-20-5-7-21)9-10(15)12(17)14(19)13(18)11(9)16/h8,20H,2-7H2,1H3/t8-/m1/s1. The Kier molecular flexibility index (Phi) is 5.16. The zero-order chi connectivity index (χ0) is 15.6. The summed E-state index contributed by atoms with van der Waals surface area (Å²) in [7, 11) is 0. The maximum atomic E-state index is 14.0. The average molecular weight is 308 g/mol. The van der Waals surface area contributed by atoms with Crippen LogP contribution in [0.15, 0.2) is 0 Å². The molecule has 21 heavy (non-hydrogen) atoms. The summed E-state index contributed by atoms with van der Waals surface area (Å²) in [5.41, 5.74) is -0.713. The molecular formula is C14H17F5N2. The molecule has 118 valence electrons. The molecule has 7 heteroatoms. The quantitative estimate of drug-likeness (QED) is 0.522. The first-order valence-electron chi connectivity index (χ1n) is 6.95. The second-order valence-corrected chi connectivity index (χ2v) is 5.07. The van der Waals surface area contributed by atoms with Crippen LogP contribution in [0.4, 0.5) is 22.0 Å². The highest BCUT2D eigenvalue weighted by Gasteiger charge is 2.33. The first-order valence-corrected chi connectivity index (χ1v) is 6.95. The summed E-state index contributed by atoms with van der Waals surface area (Å²) < 4.78 is 67.8. The van der Waals surface area contributed by atoms with Gasteiger partial charge < -0.3 is 5.32 Å². The predicted molar refractivity (Wildman–Crippen MR) is 68.3 cm³/mol. The molecule has 2 rings (SSSR count). The van der Waals surface area contributed by atoms with Crippen LogP contribution in [0.25, 0.3) is 0 Å². The topological polar surface area (TPSA) is 15.3 Å². The predicted octanol–water partition coefficient (Wildman–Crippen LogP) is 3.13. The van der Waals surface area contributed by atoms with Crippen LogP contribution in [-0.4, -0.2) is 31.1 Å². The normalized spacial score (nSPS) is 18.0. The molecule has 0 unspecified atom stereocenters. The van der Waals surface area contributed by atoms with Gasteiger partial charge in [0.2, 0.25) is 5.82 Å². The van der Waals surface area contributed by atoms with Gasteiger partial charge in [-0.3, -0.25) is 4.90 Å². The van der Waals surface area contributed by atoms with Crippen LogP contribution in [0.3, 0.4) is 0 Å². The van der Waals surface area contributed by atoms with Crippen molar-refractivity contribution in [2.45, 2.75) is 25.8 Å². The third-order valence-electron chi connectivity index (χ3n) is 3.73. The van der Waals surface area contributed by atoms with E-state index in [9.17, 15) is 22.0 Å². The van der Waals surface area contributed by atoms with Crippen molar-refractivity contribution in [2.24, 2.45) is 0 Å². The molecule has 1 fully saturated rings. The van der Waals surface area contributed by atoms with E-state index < -0.39 is 40.7 Å². The summed E-state index contributed by atoms with van der Waals surface area (Å²) in [6, 6.07) is -0.804. The molecule has 1 aromatic rings. The fourth-order valence-corrected chi connectivity index (χ4v) is 2.69. The number of benzene rings is 1. The Morgan fingerprint density at radius 2 is 1.38 bits per heavy atom. The number of hydrogen-bond acceptors (Lipinski definition) is 2. The van der Waals surface area contributed by atoms with Gasteiger partial charge in [0, 0.05) is 37.8 Å². The van der Waals surface area contributed by atoms with Crippen LogP contribution in [0.5, 0.6) is 0 Å². The Morgan fingerprint density at radius 1 is 0.905 bits per heavy atom. The van der Waals surface area contributed by atoms with Gasteiger partial charge in [-0.25, -0.2) is 22.0 Å². The van der Waals surface area contributed by atoms with Crippen molar-refractivity contribution < 1.29 is 22.0 Å². The van der Waals surface area contributed by atoms with Gasteiger partial charge in [0.1, 0.15) is 0 Å². The fourth-order valence-electron chi connectivity index (χ4n) is 2.69. The van der Waals surface area contributed by atoms with E-state index in [4.69, 9.17) is 0 Å². The van der Waals surface area contributed by atoms with Crippen LogP contribution in [-0.2, 0) is 0 Å². The van der Waals surface area contributed by atoms with Gasteiger partial charge in [0.15, 0.2) is 23.3 Å². The first-order chi connectivity index (χ1) is 9.99. The van der Waals surface area contributed by atoms with Crippen molar-refractivity contribution in [2.75, 3.05) is 26.2 Å². The molecule has 1 heterocycles. The second-order valence-electron chi connectivity index (χ2n) is 5.07. The minimum Gasteiger partial charge on any atom is -0.314 e. The molecule has 0 spiro atoms. The SMILES string of the molecule is CCC[C@H](c1c(F)c(F)c(F)c(F)c1F)N1CCNCC1. The highest BCUT2D eigenvalue weighted by Crippen LogP contribution is 2.33. The molecule has 1 saturated heterocycles. The lowest BCUT2D eigenvalue weighted by Crippen LogP contribution is -2.45. The van der Waals surface area contributed by atoms with E-state index in [0.29, 0.717) is 39.0 Å². The number of rotatable bonds is 4. The lowest BCUT2D eigenvalue weighted by Gasteiger charge is -2.35. The number of nitrogens with one attached hydrogen (secondary N) is 1. The lowest BCUT2D eigenvalue weighted by atomic mass is 9.98. The highest BCUT2D eigenvalue weighted by atomic mass is 19.2.